The molecule has 0 amide bonds. The molecule has 0 aliphatic heterocycles. The summed E-state index contributed by atoms with van der Waals surface area (Å²) in [4.78, 5) is 11.8. The summed E-state index contributed by atoms with van der Waals surface area (Å²) in [6, 6.07) is 7.26. The topological polar surface area (TPSA) is 72.5 Å². The average Bonchev–Trinajstić information content (AvgIpc) is 2.40. The molecule has 0 aromatic heterocycles. The number of hydrogen-bond acceptors (Lipinski definition) is 5. The van der Waals surface area contributed by atoms with Crippen LogP contribution >= 0.6 is 11.8 Å². The Kier molecular flexibility index (Phi) is 6.87. The normalized spacial score (nSPS) is 11.1. The molecule has 0 unspecified atom stereocenters. The molecular formula is C13H19NO4S2. The van der Waals surface area contributed by atoms with Crippen molar-refractivity contribution in [1.82, 2.24) is 0 Å². The number of carbonyl (C=O) groups is 1. The van der Waals surface area contributed by atoms with E-state index in [2.05, 4.69) is 9.46 Å². The van der Waals surface area contributed by atoms with Gasteiger partial charge < -0.3 is 4.74 Å². The second-order valence-electron chi connectivity index (χ2n) is 4.03. The first-order valence-electron chi connectivity index (χ1n) is 6.27. The van der Waals surface area contributed by atoms with Gasteiger partial charge in [-0.1, -0.05) is 19.1 Å². The van der Waals surface area contributed by atoms with Crippen LogP contribution in [0.15, 0.2) is 29.2 Å². The molecule has 0 aliphatic carbocycles. The molecule has 1 aromatic rings. The summed E-state index contributed by atoms with van der Waals surface area (Å²) in [5.74, 6) is 0.357. The molecule has 0 atom stereocenters. The number of thioether (sulfide) groups is 1. The van der Waals surface area contributed by atoms with Gasteiger partial charge in [0.2, 0.25) is 10.0 Å². The zero-order valence-corrected chi connectivity index (χ0v) is 13.2. The van der Waals surface area contributed by atoms with Crippen molar-refractivity contribution in [2.24, 2.45) is 0 Å². The lowest BCUT2D eigenvalue weighted by Crippen LogP contribution is -2.18. The van der Waals surface area contributed by atoms with Crippen LogP contribution in [0.25, 0.3) is 0 Å². The Hall–Kier alpha value is -1.21. The van der Waals surface area contributed by atoms with Crippen LogP contribution in [0.5, 0.6) is 0 Å². The van der Waals surface area contributed by atoms with Gasteiger partial charge in [0, 0.05) is 11.3 Å². The summed E-state index contributed by atoms with van der Waals surface area (Å²) in [6.45, 7) is 2.01. The van der Waals surface area contributed by atoms with Gasteiger partial charge in [-0.2, -0.15) is 0 Å². The quantitative estimate of drug-likeness (QED) is 0.589. The van der Waals surface area contributed by atoms with E-state index in [0.29, 0.717) is 5.69 Å². The number of carbonyl (C=O) groups excluding carboxylic acids is 1. The minimum absolute atomic E-state index is 0.1000. The van der Waals surface area contributed by atoms with E-state index in [-0.39, 0.29) is 18.6 Å². The molecule has 0 heterocycles. The molecule has 0 fully saturated rings. The number of para-hydroxylation sites is 1. The van der Waals surface area contributed by atoms with Crippen LogP contribution < -0.4 is 4.72 Å². The van der Waals surface area contributed by atoms with Crippen molar-refractivity contribution >= 4 is 33.4 Å². The smallest absolute Gasteiger partial charge is 0.305 e. The lowest BCUT2D eigenvalue weighted by atomic mass is 10.3. The minimum atomic E-state index is -3.45. The molecule has 5 nitrogen and oxygen atoms in total. The van der Waals surface area contributed by atoms with Gasteiger partial charge in [0.25, 0.3) is 0 Å². The highest BCUT2D eigenvalue weighted by Gasteiger charge is 2.13. The highest BCUT2D eigenvalue weighted by molar-refractivity contribution is 7.99. The van der Waals surface area contributed by atoms with E-state index in [1.165, 1.54) is 7.11 Å². The molecule has 1 N–H and O–H groups in total. The minimum Gasteiger partial charge on any atom is -0.469 e. The summed E-state index contributed by atoms with van der Waals surface area (Å²) < 4.78 is 30.9. The number of benzene rings is 1. The lowest BCUT2D eigenvalue weighted by molar-refractivity contribution is -0.140. The van der Waals surface area contributed by atoms with Crippen molar-refractivity contribution < 1.29 is 17.9 Å². The van der Waals surface area contributed by atoms with Crippen molar-refractivity contribution in [3.05, 3.63) is 24.3 Å². The number of rotatable bonds is 8. The maximum atomic E-state index is 12.0. The third-order valence-corrected chi connectivity index (χ3v) is 4.79. The van der Waals surface area contributed by atoms with E-state index in [4.69, 9.17) is 0 Å². The number of sulfonamides is 1. The average molecular weight is 317 g/mol. The Bertz CT molecular complexity index is 543. The molecule has 0 saturated carbocycles. The zero-order valence-electron chi connectivity index (χ0n) is 11.6. The Balaban J connectivity index is 2.64. The molecule has 0 radical (unpaired) electrons. The fourth-order valence-electron chi connectivity index (χ4n) is 1.56. The summed E-state index contributed by atoms with van der Waals surface area (Å²) in [5.41, 5.74) is 0.581. The Morgan fingerprint density at radius 1 is 1.35 bits per heavy atom. The number of nitrogens with one attached hydrogen (secondary N) is 1. The summed E-state index contributed by atoms with van der Waals surface area (Å²) in [5, 5.41) is 0. The molecule has 0 spiro atoms. The number of esters is 1. The monoisotopic (exact) mass is 317 g/mol. The first kappa shape index (κ1) is 16.8. The van der Waals surface area contributed by atoms with Gasteiger partial charge >= 0.3 is 5.97 Å². The van der Waals surface area contributed by atoms with E-state index in [1.54, 1.807) is 23.9 Å². The van der Waals surface area contributed by atoms with Crippen LogP contribution in [0.3, 0.4) is 0 Å². The molecule has 1 aromatic carbocycles. The second-order valence-corrected chi connectivity index (χ2v) is 7.18. The number of methoxy groups -OCH3 is 1. The lowest BCUT2D eigenvalue weighted by Gasteiger charge is -2.11. The predicted molar refractivity (Wildman–Crippen MR) is 81.5 cm³/mol. The Labute approximate surface area is 124 Å². The molecule has 0 aliphatic rings. The van der Waals surface area contributed by atoms with Crippen LogP contribution in [0.4, 0.5) is 5.69 Å². The second kappa shape index (κ2) is 8.16. The maximum Gasteiger partial charge on any atom is 0.305 e. The van der Waals surface area contributed by atoms with E-state index in [1.807, 2.05) is 19.1 Å². The van der Waals surface area contributed by atoms with Gasteiger partial charge in [0.05, 0.1) is 18.6 Å². The van der Waals surface area contributed by atoms with Crippen molar-refractivity contribution in [1.29, 1.82) is 0 Å². The molecule has 20 heavy (non-hydrogen) atoms. The first-order valence-corrected chi connectivity index (χ1v) is 8.91. The molecule has 0 saturated heterocycles. The van der Waals surface area contributed by atoms with Gasteiger partial charge in [0.15, 0.2) is 0 Å². The van der Waals surface area contributed by atoms with Crippen LogP contribution in [0.2, 0.25) is 0 Å². The van der Waals surface area contributed by atoms with E-state index >= 15 is 0 Å². The van der Waals surface area contributed by atoms with Crippen molar-refractivity contribution in [2.45, 2.75) is 24.7 Å². The highest BCUT2D eigenvalue weighted by atomic mass is 32.2. The third kappa shape index (κ3) is 5.83. The largest absolute Gasteiger partial charge is 0.469 e. The van der Waals surface area contributed by atoms with Crippen LogP contribution in [-0.4, -0.2) is 33.0 Å². The van der Waals surface area contributed by atoms with Gasteiger partial charge in [-0.25, -0.2) is 8.42 Å². The van der Waals surface area contributed by atoms with Crippen molar-refractivity contribution in [3.63, 3.8) is 0 Å². The van der Waals surface area contributed by atoms with E-state index in [0.717, 1.165) is 10.6 Å². The highest BCUT2D eigenvalue weighted by Crippen LogP contribution is 2.27. The molecule has 7 heteroatoms. The Morgan fingerprint density at radius 3 is 2.70 bits per heavy atom. The standard InChI is InChI=1S/C13H19NO4S2/c1-3-19-12-8-5-4-7-11(12)14-20(16,17)10-6-9-13(15)18-2/h4-5,7-8,14H,3,6,9-10H2,1-2H3. The predicted octanol–water partition coefficient (Wildman–Crippen LogP) is 2.49. The van der Waals surface area contributed by atoms with E-state index < -0.39 is 16.0 Å². The SMILES string of the molecule is CCSc1ccccc1NS(=O)(=O)CCCC(=O)OC. The number of hydrogen-bond donors (Lipinski definition) is 1. The number of anilines is 1. The summed E-state index contributed by atoms with van der Waals surface area (Å²) >= 11 is 1.57. The van der Waals surface area contributed by atoms with Crippen LogP contribution in [0.1, 0.15) is 19.8 Å². The zero-order chi connectivity index (χ0) is 15.0. The molecule has 112 valence electrons. The fourth-order valence-corrected chi connectivity index (χ4v) is 3.52. The first-order chi connectivity index (χ1) is 9.48. The summed E-state index contributed by atoms with van der Waals surface area (Å²) in [6.07, 6.45) is 0.341. The summed E-state index contributed by atoms with van der Waals surface area (Å²) in [7, 11) is -2.17. The Morgan fingerprint density at radius 2 is 2.05 bits per heavy atom. The van der Waals surface area contributed by atoms with Crippen LogP contribution in [-0.2, 0) is 19.6 Å². The van der Waals surface area contributed by atoms with Gasteiger partial charge in [-0.3, -0.25) is 9.52 Å². The van der Waals surface area contributed by atoms with Crippen molar-refractivity contribution in [2.75, 3.05) is 23.3 Å². The maximum absolute atomic E-state index is 12.0. The third-order valence-electron chi connectivity index (χ3n) is 2.47. The molecule has 1 rings (SSSR count). The molecular weight excluding hydrogens is 298 g/mol. The van der Waals surface area contributed by atoms with Gasteiger partial charge in [-0.15, -0.1) is 11.8 Å². The number of ether oxygens (including phenoxy) is 1. The van der Waals surface area contributed by atoms with Gasteiger partial charge in [-0.05, 0) is 24.3 Å². The fraction of sp³-hybridized carbons (Fsp3) is 0.462. The molecule has 0 bridgehead atoms. The van der Waals surface area contributed by atoms with E-state index in [9.17, 15) is 13.2 Å². The van der Waals surface area contributed by atoms with Crippen LogP contribution in [0, 0.1) is 0 Å². The van der Waals surface area contributed by atoms with Gasteiger partial charge in [0.1, 0.15) is 0 Å². The van der Waals surface area contributed by atoms with Crippen molar-refractivity contribution in [3.8, 4) is 0 Å².